The van der Waals surface area contributed by atoms with Crippen molar-refractivity contribution in [2.75, 3.05) is 19.7 Å². The molecule has 2 aromatic carbocycles. The van der Waals surface area contributed by atoms with Crippen LogP contribution >= 0.6 is 0 Å². The number of aliphatic hydroxyl groups excluding tert-OH is 4. The second-order valence-corrected chi connectivity index (χ2v) is 8.39. The Morgan fingerprint density at radius 3 is 1.74 bits per heavy atom. The fraction of sp³-hybridized carbons (Fsp3) is 0.440. The van der Waals surface area contributed by atoms with Crippen molar-refractivity contribution in [2.24, 2.45) is 0 Å². The standard InChI is InChI=1S/C25H32N2O8/c28-15-19-22(31)23(32)24(33)25(35-19)34-18(13-26-20(29)11-16-7-3-1-4-8-16)14-27-21(30)12-17-9-5-2-6-10-17/h1-10,18-19,22-25,28,31-33H,11-15H2,(H,26,29)(H,27,30)/t19-,22-,23+,24+,25+/m1/s1. The fourth-order valence-electron chi connectivity index (χ4n) is 3.68. The monoisotopic (exact) mass is 488 g/mol. The number of nitrogens with one attached hydrogen (secondary N) is 2. The van der Waals surface area contributed by atoms with Crippen molar-refractivity contribution in [3.05, 3.63) is 71.8 Å². The van der Waals surface area contributed by atoms with E-state index in [2.05, 4.69) is 10.6 Å². The first-order chi connectivity index (χ1) is 16.9. The number of hydrogen-bond acceptors (Lipinski definition) is 8. The largest absolute Gasteiger partial charge is 0.394 e. The molecule has 0 unspecified atom stereocenters. The van der Waals surface area contributed by atoms with Gasteiger partial charge in [0.25, 0.3) is 0 Å². The van der Waals surface area contributed by atoms with Gasteiger partial charge >= 0.3 is 0 Å². The summed E-state index contributed by atoms with van der Waals surface area (Å²) in [6.07, 6.45) is -7.81. The minimum absolute atomic E-state index is 0.0215. The lowest BCUT2D eigenvalue weighted by Crippen LogP contribution is -2.60. The fourth-order valence-corrected chi connectivity index (χ4v) is 3.68. The van der Waals surface area contributed by atoms with Crippen molar-refractivity contribution < 1.29 is 39.5 Å². The summed E-state index contributed by atoms with van der Waals surface area (Å²) < 4.78 is 11.2. The number of amides is 2. The molecule has 2 aromatic rings. The highest BCUT2D eigenvalue weighted by Crippen LogP contribution is 2.22. The summed E-state index contributed by atoms with van der Waals surface area (Å²) in [5.74, 6) is -0.538. The van der Waals surface area contributed by atoms with E-state index in [-0.39, 0.29) is 37.7 Å². The van der Waals surface area contributed by atoms with Gasteiger partial charge in [0.15, 0.2) is 6.29 Å². The number of benzene rings is 2. The first-order valence-electron chi connectivity index (χ1n) is 11.4. The Labute approximate surface area is 203 Å². The lowest BCUT2D eigenvalue weighted by Gasteiger charge is -2.40. The van der Waals surface area contributed by atoms with Crippen LogP contribution in [0, 0.1) is 0 Å². The molecule has 1 saturated heterocycles. The SMILES string of the molecule is O=C(Cc1ccccc1)NCC(CNC(=O)Cc1ccccc1)O[C@H]1O[C@H](CO)[C@@H](O)[C@H](O)[C@@H]1O. The molecule has 2 amide bonds. The summed E-state index contributed by atoms with van der Waals surface area (Å²) in [4.78, 5) is 24.8. The maximum Gasteiger partial charge on any atom is 0.224 e. The quantitative estimate of drug-likeness (QED) is 0.232. The Kier molecular flexibility index (Phi) is 10.2. The van der Waals surface area contributed by atoms with Gasteiger partial charge in [-0.05, 0) is 11.1 Å². The van der Waals surface area contributed by atoms with E-state index in [0.717, 1.165) is 11.1 Å². The molecule has 1 heterocycles. The number of ether oxygens (including phenoxy) is 2. The third-order valence-electron chi connectivity index (χ3n) is 5.64. The lowest BCUT2D eigenvalue weighted by molar-refractivity contribution is -0.310. The van der Waals surface area contributed by atoms with Crippen LogP contribution in [0.15, 0.2) is 60.7 Å². The third kappa shape index (κ3) is 8.10. The van der Waals surface area contributed by atoms with Gasteiger partial charge in [-0.3, -0.25) is 9.59 Å². The molecule has 10 heteroatoms. The Balaban J connectivity index is 1.61. The second kappa shape index (κ2) is 13.3. The van der Waals surface area contributed by atoms with Gasteiger partial charge in [-0.2, -0.15) is 0 Å². The highest BCUT2D eigenvalue weighted by molar-refractivity contribution is 5.79. The van der Waals surface area contributed by atoms with Crippen molar-refractivity contribution in [1.29, 1.82) is 0 Å². The molecular formula is C25H32N2O8. The van der Waals surface area contributed by atoms with Gasteiger partial charge in [-0.15, -0.1) is 0 Å². The molecule has 0 bridgehead atoms. The molecule has 190 valence electrons. The van der Waals surface area contributed by atoms with E-state index in [1.165, 1.54) is 0 Å². The molecule has 35 heavy (non-hydrogen) atoms. The minimum Gasteiger partial charge on any atom is -0.394 e. The van der Waals surface area contributed by atoms with Crippen LogP contribution < -0.4 is 10.6 Å². The Morgan fingerprint density at radius 2 is 1.29 bits per heavy atom. The number of rotatable bonds is 11. The van der Waals surface area contributed by atoms with Gasteiger partial charge in [-0.1, -0.05) is 60.7 Å². The van der Waals surface area contributed by atoms with Gasteiger partial charge in [0, 0.05) is 13.1 Å². The first-order valence-corrected chi connectivity index (χ1v) is 11.4. The first kappa shape index (κ1) is 26.7. The van der Waals surface area contributed by atoms with Gasteiger partial charge in [0.1, 0.15) is 24.4 Å². The second-order valence-electron chi connectivity index (χ2n) is 8.39. The predicted molar refractivity (Wildman–Crippen MR) is 125 cm³/mol. The van der Waals surface area contributed by atoms with Crippen LogP contribution in [-0.4, -0.2) is 88.7 Å². The maximum absolute atomic E-state index is 12.4. The van der Waals surface area contributed by atoms with Crippen LogP contribution in [0.2, 0.25) is 0 Å². The van der Waals surface area contributed by atoms with Crippen LogP contribution in [0.25, 0.3) is 0 Å². The molecule has 10 nitrogen and oxygen atoms in total. The maximum atomic E-state index is 12.4. The number of carbonyl (C=O) groups excluding carboxylic acids is 2. The molecule has 0 aromatic heterocycles. The Morgan fingerprint density at radius 1 is 0.800 bits per heavy atom. The highest BCUT2D eigenvalue weighted by atomic mass is 16.7. The Hall–Kier alpha value is -2.86. The zero-order chi connectivity index (χ0) is 25.2. The van der Waals surface area contributed by atoms with Crippen LogP contribution in [-0.2, 0) is 31.9 Å². The zero-order valence-electron chi connectivity index (χ0n) is 19.2. The molecule has 0 saturated carbocycles. The topological polar surface area (TPSA) is 158 Å². The summed E-state index contributed by atoms with van der Waals surface area (Å²) >= 11 is 0. The lowest BCUT2D eigenvalue weighted by atomic mass is 9.99. The highest BCUT2D eigenvalue weighted by Gasteiger charge is 2.44. The van der Waals surface area contributed by atoms with E-state index in [4.69, 9.17) is 9.47 Å². The van der Waals surface area contributed by atoms with Gasteiger partial charge in [-0.25, -0.2) is 0 Å². The summed E-state index contributed by atoms with van der Waals surface area (Å²) in [5.41, 5.74) is 1.65. The number of aliphatic hydroxyl groups is 4. The summed E-state index contributed by atoms with van der Waals surface area (Å²) in [6.45, 7) is -0.643. The molecule has 6 N–H and O–H groups in total. The molecule has 0 aliphatic carbocycles. The molecule has 1 aliphatic rings. The molecule has 1 aliphatic heterocycles. The number of carbonyl (C=O) groups is 2. The summed E-state index contributed by atoms with van der Waals surface area (Å²) in [6, 6.07) is 18.3. The Bertz CT molecular complexity index is 870. The van der Waals surface area contributed by atoms with Crippen molar-refractivity contribution >= 4 is 11.8 Å². The normalized spacial score (nSPS) is 24.2. The minimum atomic E-state index is -1.60. The van der Waals surface area contributed by atoms with E-state index in [0.29, 0.717) is 0 Å². The van der Waals surface area contributed by atoms with Crippen molar-refractivity contribution in [2.45, 2.75) is 49.7 Å². The van der Waals surface area contributed by atoms with Crippen LogP contribution in [0.5, 0.6) is 0 Å². The van der Waals surface area contributed by atoms with Gasteiger partial charge in [0.2, 0.25) is 11.8 Å². The molecule has 1 fully saturated rings. The van der Waals surface area contributed by atoms with Crippen LogP contribution in [0.1, 0.15) is 11.1 Å². The average molecular weight is 489 g/mol. The molecule has 0 radical (unpaired) electrons. The predicted octanol–water partition coefficient (Wildman–Crippen LogP) is -1.11. The van der Waals surface area contributed by atoms with Crippen molar-refractivity contribution in [3.8, 4) is 0 Å². The third-order valence-corrected chi connectivity index (χ3v) is 5.64. The number of hydrogen-bond donors (Lipinski definition) is 6. The average Bonchev–Trinajstić information content (AvgIpc) is 2.87. The van der Waals surface area contributed by atoms with E-state index < -0.39 is 43.4 Å². The van der Waals surface area contributed by atoms with E-state index >= 15 is 0 Å². The molecular weight excluding hydrogens is 456 g/mol. The van der Waals surface area contributed by atoms with Gasteiger partial charge < -0.3 is 40.5 Å². The van der Waals surface area contributed by atoms with E-state index in [1.807, 2.05) is 60.7 Å². The molecule has 0 spiro atoms. The van der Waals surface area contributed by atoms with Crippen LogP contribution in [0.4, 0.5) is 0 Å². The summed E-state index contributed by atoms with van der Waals surface area (Å²) in [5, 5.41) is 45.2. The van der Waals surface area contributed by atoms with Gasteiger partial charge in [0.05, 0.1) is 25.6 Å². The van der Waals surface area contributed by atoms with Crippen molar-refractivity contribution in [3.63, 3.8) is 0 Å². The van der Waals surface area contributed by atoms with E-state index in [9.17, 15) is 30.0 Å². The van der Waals surface area contributed by atoms with Crippen molar-refractivity contribution in [1.82, 2.24) is 10.6 Å². The molecule has 5 atom stereocenters. The zero-order valence-corrected chi connectivity index (χ0v) is 19.2. The van der Waals surface area contributed by atoms with Crippen LogP contribution in [0.3, 0.4) is 0 Å². The summed E-state index contributed by atoms with van der Waals surface area (Å²) in [7, 11) is 0. The molecule has 3 rings (SSSR count). The smallest absolute Gasteiger partial charge is 0.224 e. The van der Waals surface area contributed by atoms with E-state index in [1.54, 1.807) is 0 Å².